The molecule has 0 aromatic heterocycles. The van der Waals surface area contributed by atoms with Crippen LogP contribution in [0, 0.1) is 0 Å². The Balaban J connectivity index is 2.31. The van der Waals surface area contributed by atoms with Crippen molar-refractivity contribution in [3.8, 4) is 0 Å². The van der Waals surface area contributed by atoms with Gasteiger partial charge in [-0.15, -0.1) is 0 Å². The molecule has 2 N–H and O–H groups in total. The van der Waals surface area contributed by atoms with Gasteiger partial charge in [-0.2, -0.15) is 0 Å². The predicted octanol–water partition coefficient (Wildman–Crippen LogP) is 1.49. The smallest absolute Gasteiger partial charge is 0.309 e. The molecule has 0 aliphatic rings. The minimum absolute atomic E-state index is 0.363. The van der Waals surface area contributed by atoms with Gasteiger partial charge in [-0.05, 0) is 44.1 Å². The summed E-state index contributed by atoms with van der Waals surface area (Å²) in [5, 5.41) is 5.26. The number of hydrogen-bond donors (Lipinski definition) is 2. The average molecular weight is 305 g/mol. The van der Waals surface area contributed by atoms with Crippen molar-refractivity contribution in [1.82, 2.24) is 15.5 Å². The fourth-order valence-corrected chi connectivity index (χ4v) is 1.96. The van der Waals surface area contributed by atoms with E-state index in [1.165, 1.54) is 5.56 Å². The zero-order valence-corrected chi connectivity index (χ0v) is 14.0. The summed E-state index contributed by atoms with van der Waals surface area (Å²) >= 11 is 0. The first-order valence-corrected chi connectivity index (χ1v) is 7.69. The molecule has 0 spiro atoms. The SMILES string of the molecule is CC(C)c1ccc(CNC(=O)C(=O)NCCCN(C)C)cc1. The molecule has 1 aromatic rings. The summed E-state index contributed by atoms with van der Waals surface area (Å²) < 4.78 is 0. The molecule has 0 bridgehead atoms. The fraction of sp³-hybridized carbons (Fsp3) is 0.529. The van der Waals surface area contributed by atoms with E-state index < -0.39 is 11.8 Å². The van der Waals surface area contributed by atoms with E-state index in [9.17, 15) is 9.59 Å². The normalized spacial score (nSPS) is 10.8. The molecule has 0 heterocycles. The summed E-state index contributed by atoms with van der Waals surface area (Å²) in [5.41, 5.74) is 2.24. The lowest BCUT2D eigenvalue weighted by molar-refractivity contribution is -0.139. The van der Waals surface area contributed by atoms with E-state index in [1.54, 1.807) is 0 Å². The molecule has 0 radical (unpaired) electrons. The first-order chi connectivity index (χ1) is 10.4. The predicted molar refractivity (Wildman–Crippen MR) is 88.6 cm³/mol. The number of hydrogen-bond acceptors (Lipinski definition) is 3. The summed E-state index contributed by atoms with van der Waals surface area (Å²) in [4.78, 5) is 25.3. The number of carbonyl (C=O) groups excluding carboxylic acids is 2. The first kappa shape index (κ1) is 18.2. The van der Waals surface area contributed by atoms with Crippen LogP contribution in [0.5, 0.6) is 0 Å². The van der Waals surface area contributed by atoms with Crippen LogP contribution in [0.25, 0.3) is 0 Å². The van der Waals surface area contributed by atoms with Gasteiger partial charge in [0.25, 0.3) is 0 Å². The third-order valence-corrected chi connectivity index (χ3v) is 3.37. The van der Waals surface area contributed by atoms with Crippen LogP contribution in [0.2, 0.25) is 0 Å². The Hall–Kier alpha value is -1.88. The van der Waals surface area contributed by atoms with Crippen LogP contribution < -0.4 is 10.6 Å². The lowest BCUT2D eigenvalue weighted by atomic mass is 10.0. The molecule has 0 atom stereocenters. The minimum atomic E-state index is -0.585. The highest BCUT2D eigenvalue weighted by Gasteiger charge is 2.12. The maximum atomic E-state index is 11.7. The third kappa shape index (κ3) is 6.72. The van der Waals surface area contributed by atoms with E-state index in [0.717, 1.165) is 18.5 Å². The van der Waals surface area contributed by atoms with E-state index in [0.29, 0.717) is 19.0 Å². The zero-order chi connectivity index (χ0) is 16.5. The van der Waals surface area contributed by atoms with Gasteiger partial charge in [0, 0.05) is 13.1 Å². The zero-order valence-electron chi connectivity index (χ0n) is 14.0. The lowest BCUT2D eigenvalue weighted by Gasteiger charge is -2.10. The summed E-state index contributed by atoms with van der Waals surface area (Å²) in [6, 6.07) is 8.05. The van der Waals surface area contributed by atoms with Crippen molar-refractivity contribution in [2.45, 2.75) is 32.7 Å². The van der Waals surface area contributed by atoms with Crippen molar-refractivity contribution in [3.05, 3.63) is 35.4 Å². The molecule has 0 aliphatic carbocycles. The number of carbonyl (C=O) groups is 2. The number of nitrogens with one attached hydrogen (secondary N) is 2. The quantitative estimate of drug-likeness (QED) is 0.593. The molecular formula is C17H27N3O2. The molecule has 0 saturated carbocycles. The second-order valence-electron chi connectivity index (χ2n) is 5.99. The van der Waals surface area contributed by atoms with Crippen LogP contribution in [0.4, 0.5) is 0 Å². The van der Waals surface area contributed by atoms with Crippen molar-refractivity contribution < 1.29 is 9.59 Å². The minimum Gasteiger partial charge on any atom is -0.348 e. The van der Waals surface area contributed by atoms with Gasteiger partial charge in [0.05, 0.1) is 0 Å². The highest BCUT2D eigenvalue weighted by Crippen LogP contribution is 2.14. The van der Waals surface area contributed by atoms with Gasteiger partial charge in [-0.25, -0.2) is 0 Å². The van der Waals surface area contributed by atoms with E-state index in [-0.39, 0.29) is 0 Å². The molecule has 0 fully saturated rings. The second-order valence-corrected chi connectivity index (χ2v) is 5.99. The summed E-state index contributed by atoms with van der Waals surface area (Å²) in [5.74, 6) is -0.674. The number of benzene rings is 1. The van der Waals surface area contributed by atoms with Crippen LogP contribution in [0.3, 0.4) is 0 Å². The van der Waals surface area contributed by atoms with Gasteiger partial charge in [0.1, 0.15) is 0 Å². The van der Waals surface area contributed by atoms with Crippen LogP contribution >= 0.6 is 0 Å². The van der Waals surface area contributed by atoms with Gasteiger partial charge in [-0.3, -0.25) is 9.59 Å². The van der Waals surface area contributed by atoms with Gasteiger partial charge in [-0.1, -0.05) is 38.1 Å². The van der Waals surface area contributed by atoms with Crippen LogP contribution in [0.15, 0.2) is 24.3 Å². The molecule has 0 saturated heterocycles. The van der Waals surface area contributed by atoms with E-state index >= 15 is 0 Å². The second kappa shape index (κ2) is 9.20. The maximum absolute atomic E-state index is 11.7. The van der Waals surface area contributed by atoms with Gasteiger partial charge in [0.2, 0.25) is 0 Å². The Bertz CT molecular complexity index is 481. The Labute approximate surface area is 133 Å². The molecule has 1 aromatic carbocycles. The van der Waals surface area contributed by atoms with E-state index in [1.807, 2.05) is 43.3 Å². The van der Waals surface area contributed by atoms with Crippen LogP contribution in [-0.4, -0.2) is 43.9 Å². The van der Waals surface area contributed by atoms with Crippen molar-refractivity contribution in [1.29, 1.82) is 0 Å². The number of amides is 2. The topological polar surface area (TPSA) is 61.4 Å². The molecular weight excluding hydrogens is 278 g/mol. The van der Waals surface area contributed by atoms with E-state index in [2.05, 4.69) is 24.5 Å². The number of nitrogens with zero attached hydrogens (tertiary/aromatic N) is 1. The van der Waals surface area contributed by atoms with E-state index in [4.69, 9.17) is 0 Å². The Morgan fingerprint density at radius 3 is 2.18 bits per heavy atom. The van der Waals surface area contributed by atoms with Crippen molar-refractivity contribution in [2.75, 3.05) is 27.2 Å². The van der Waals surface area contributed by atoms with Crippen molar-refractivity contribution in [2.24, 2.45) is 0 Å². The molecule has 1 rings (SSSR count). The van der Waals surface area contributed by atoms with Crippen molar-refractivity contribution >= 4 is 11.8 Å². The molecule has 22 heavy (non-hydrogen) atoms. The first-order valence-electron chi connectivity index (χ1n) is 7.69. The number of rotatable bonds is 7. The molecule has 5 nitrogen and oxygen atoms in total. The molecule has 0 aliphatic heterocycles. The monoisotopic (exact) mass is 305 g/mol. The maximum Gasteiger partial charge on any atom is 0.309 e. The summed E-state index contributed by atoms with van der Waals surface area (Å²) in [6.07, 6.45) is 0.822. The summed E-state index contributed by atoms with van der Waals surface area (Å²) in [7, 11) is 3.94. The van der Waals surface area contributed by atoms with Gasteiger partial charge >= 0.3 is 11.8 Å². The van der Waals surface area contributed by atoms with Gasteiger partial charge < -0.3 is 15.5 Å². The third-order valence-electron chi connectivity index (χ3n) is 3.37. The van der Waals surface area contributed by atoms with Crippen molar-refractivity contribution in [3.63, 3.8) is 0 Å². The van der Waals surface area contributed by atoms with Gasteiger partial charge in [0.15, 0.2) is 0 Å². The Morgan fingerprint density at radius 2 is 1.64 bits per heavy atom. The van der Waals surface area contributed by atoms with Crippen LogP contribution in [-0.2, 0) is 16.1 Å². The van der Waals surface area contributed by atoms with Crippen LogP contribution in [0.1, 0.15) is 37.3 Å². The molecule has 2 amide bonds. The largest absolute Gasteiger partial charge is 0.348 e. The average Bonchev–Trinajstić information content (AvgIpc) is 2.49. The highest BCUT2D eigenvalue weighted by molar-refractivity contribution is 6.35. The Kier molecular flexibility index (Phi) is 7.60. The highest BCUT2D eigenvalue weighted by atomic mass is 16.2. The fourth-order valence-electron chi connectivity index (χ4n) is 1.96. The molecule has 5 heteroatoms. The summed E-state index contributed by atoms with van der Waals surface area (Å²) in [6.45, 7) is 6.02. The Morgan fingerprint density at radius 1 is 1.05 bits per heavy atom. The molecule has 122 valence electrons. The lowest BCUT2D eigenvalue weighted by Crippen LogP contribution is -2.40. The standard InChI is InChI=1S/C17H27N3O2/c1-13(2)15-8-6-14(7-9-15)12-19-17(22)16(21)18-10-5-11-20(3)4/h6-9,13H,5,10-12H2,1-4H3,(H,18,21)(H,19,22). The molecule has 0 unspecified atom stereocenters.